The van der Waals surface area contributed by atoms with E-state index in [1.807, 2.05) is 24.3 Å². The maximum atomic E-state index is 8.88. The van der Waals surface area contributed by atoms with Crippen molar-refractivity contribution in [2.24, 2.45) is 0 Å². The number of benzene rings is 1. The predicted molar refractivity (Wildman–Crippen MR) is 73.8 cm³/mol. The van der Waals surface area contributed by atoms with Crippen LogP contribution >= 0.6 is 0 Å². The Morgan fingerprint density at radius 3 is 2.83 bits per heavy atom. The summed E-state index contributed by atoms with van der Waals surface area (Å²) in [6.45, 7) is 4.78. The van der Waals surface area contributed by atoms with Gasteiger partial charge >= 0.3 is 0 Å². The summed E-state index contributed by atoms with van der Waals surface area (Å²) in [5.74, 6) is 1.27. The molecule has 18 heavy (non-hydrogen) atoms. The van der Waals surface area contributed by atoms with Crippen molar-refractivity contribution in [2.45, 2.75) is 0 Å². The van der Waals surface area contributed by atoms with E-state index in [2.05, 4.69) is 27.2 Å². The number of nitrogens with one attached hydrogen (secondary N) is 2. The molecule has 0 bridgehead atoms. The first kappa shape index (κ1) is 12.3. The number of hydrogen-bond acceptors (Lipinski definition) is 5. The molecule has 5 heteroatoms. The SMILES string of the molecule is C=CCNc1nc(NCCO)c2ccccc2n1. The summed E-state index contributed by atoms with van der Waals surface area (Å²) in [5, 5.41) is 16.0. The van der Waals surface area contributed by atoms with E-state index in [1.165, 1.54) is 0 Å². The quantitative estimate of drug-likeness (QED) is 0.674. The lowest BCUT2D eigenvalue weighted by atomic mass is 10.2. The highest BCUT2D eigenvalue weighted by molar-refractivity contribution is 5.89. The van der Waals surface area contributed by atoms with E-state index < -0.39 is 0 Å². The molecule has 0 amide bonds. The fourth-order valence-electron chi connectivity index (χ4n) is 1.63. The van der Waals surface area contributed by atoms with E-state index in [0.717, 1.165) is 16.7 Å². The molecule has 0 spiro atoms. The van der Waals surface area contributed by atoms with Crippen LogP contribution in [0.5, 0.6) is 0 Å². The molecular weight excluding hydrogens is 228 g/mol. The minimum atomic E-state index is 0.0632. The summed E-state index contributed by atoms with van der Waals surface area (Å²) >= 11 is 0. The molecule has 1 aromatic carbocycles. The summed E-state index contributed by atoms with van der Waals surface area (Å²) < 4.78 is 0. The summed E-state index contributed by atoms with van der Waals surface area (Å²) in [7, 11) is 0. The van der Waals surface area contributed by atoms with Gasteiger partial charge in [-0.3, -0.25) is 0 Å². The fraction of sp³-hybridized carbons (Fsp3) is 0.231. The van der Waals surface area contributed by atoms with Gasteiger partial charge in [0, 0.05) is 18.5 Å². The lowest BCUT2D eigenvalue weighted by molar-refractivity contribution is 0.311. The largest absolute Gasteiger partial charge is 0.395 e. The summed E-state index contributed by atoms with van der Waals surface area (Å²) in [6.07, 6.45) is 1.75. The molecular formula is C13H16N4O. The number of anilines is 2. The van der Waals surface area contributed by atoms with Crippen LogP contribution in [-0.4, -0.2) is 34.8 Å². The first-order valence-corrected chi connectivity index (χ1v) is 5.81. The van der Waals surface area contributed by atoms with Gasteiger partial charge in [-0.25, -0.2) is 4.98 Å². The highest BCUT2D eigenvalue weighted by Gasteiger charge is 2.06. The summed E-state index contributed by atoms with van der Waals surface area (Å²) in [4.78, 5) is 8.79. The van der Waals surface area contributed by atoms with Gasteiger partial charge in [-0.2, -0.15) is 4.98 Å². The van der Waals surface area contributed by atoms with Crippen LogP contribution in [0, 0.1) is 0 Å². The zero-order chi connectivity index (χ0) is 12.8. The standard InChI is InChI=1S/C13H16N4O/c1-2-7-15-13-16-11-6-4-3-5-10(11)12(17-13)14-8-9-18/h2-6,18H,1,7-9H2,(H2,14,15,16,17). The topological polar surface area (TPSA) is 70.1 Å². The average molecular weight is 244 g/mol. The molecule has 0 aliphatic carbocycles. The first-order chi connectivity index (χ1) is 8.85. The molecule has 1 aromatic heterocycles. The van der Waals surface area contributed by atoms with Crippen LogP contribution in [0.4, 0.5) is 11.8 Å². The van der Waals surface area contributed by atoms with Crippen molar-refractivity contribution in [2.75, 3.05) is 30.3 Å². The zero-order valence-electron chi connectivity index (χ0n) is 10.1. The Kier molecular flexibility index (Phi) is 4.09. The van der Waals surface area contributed by atoms with E-state index in [-0.39, 0.29) is 6.61 Å². The molecule has 0 radical (unpaired) electrons. The molecule has 0 atom stereocenters. The Hall–Kier alpha value is -2.14. The van der Waals surface area contributed by atoms with Gasteiger partial charge in [0.2, 0.25) is 5.95 Å². The maximum absolute atomic E-state index is 8.88. The van der Waals surface area contributed by atoms with Crippen LogP contribution in [0.2, 0.25) is 0 Å². The van der Waals surface area contributed by atoms with Gasteiger partial charge in [-0.05, 0) is 12.1 Å². The van der Waals surface area contributed by atoms with Crippen LogP contribution in [0.1, 0.15) is 0 Å². The van der Waals surface area contributed by atoms with Crippen molar-refractivity contribution in [3.8, 4) is 0 Å². The highest BCUT2D eigenvalue weighted by Crippen LogP contribution is 2.21. The first-order valence-electron chi connectivity index (χ1n) is 5.81. The van der Waals surface area contributed by atoms with Gasteiger partial charge in [0.05, 0.1) is 12.1 Å². The van der Waals surface area contributed by atoms with Gasteiger partial charge in [-0.15, -0.1) is 6.58 Å². The van der Waals surface area contributed by atoms with Crippen molar-refractivity contribution in [3.63, 3.8) is 0 Å². The average Bonchev–Trinajstić information content (AvgIpc) is 2.42. The summed E-state index contributed by atoms with van der Waals surface area (Å²) in [5.41, 5.74) is 0.861. The van der Waals surface area contributed by atoms with E-state index in [4.69, 9.17) is 5.11 Å². The second-order valence-electron chi connectivity index (χ2n) is 3.73. The second kappa shape index (κ2) is 5.97. The van der Waals surface area contributed by atoms with Gasteiger partial charge in [0.15, 0.2) is 0 Å². The molecule has 0 aliphatic heterocycles. The van der Waals surface area contributed by atoms with Crippen LogP contribution in [0.3, 0.4) is 0 Å². The molecule has 0 saturated carbocycles. The normalized spacial score (nSPS) is 10.3. The maximum Gasteiger partial charge on any atom is 0.225 e. The van der Waals surface area contributed by atoms with Gasteiger partial charge < -0.3 is 15.7 Å². The van der Waals surface area contributed by atoms with Crippen LogP contribution in [-0.2, 0) is 0 Å². The van der Waals surface area contributed by atoms with E-state index in [9.17, 15) is 0 Å². The third-order valence-electron chi connectivity index (χ3n) is 2.41. The smallest absolute Gasteiger partial charge is 0.225 e. The van der Waals surface area contributed by atoms with Crippen LogP contribution in [0.15, 0.2) is 36.9 Å². The molecule has 0 aliphatic rings. The molecule has 0 unspecified atom stereocenters. The van der Waals surface area contributed by atoms with Crippen molar-refractivity contribution in [1.82, 2.24) is 9.97 Å². The molecule has 3 N–H and O–H groups in total. The van der Waals surface area contributed by atoms with Crippen LogP contribution < -0.4 is 10.6 Å². The predicted octanol–water partition coefficient (Wildman–Crippen LogP) is 1.63. The lowest BCUT2D eigenvalue weighted by Crippen LogP contribution is -2.10. The Morgan fingerprint density at radius 2 is 2.06 bits per heavy atom. The molecule has 1 heterocycles. The number of aliphatic hydroxyl groups is 1. The van der Waals surface area contributed by atoms with Gasteiger partial charge in [0.25, 0.3) is 0 Å². The highest BCUT2D eigenvalue weighted by atomic mass is 16.3. The Balaban J connectivity index is 2.39. The Labute approximate surface area is 106 Å². The molecule has 94 valence electrons. The molecule has 5 nitrogen and oxygen atoms in total. The Bertz CT molecular complexity index is 542. The number of aromatic nitrogens is 2. The lowest BCUT2D eigenvalue weighted by Gasteiger charge is -2.10. The van der Waals surface area contributed by atoms with Crippen molar-refractivity contribution in [1.29, 1.82) is 0 Å². The van der Waals surface area contributed by atoms with E-state index in [0.29, 0.717) is 19.0 Å². The van der Waals surface area contributed by atoms with Crippen molar-refractivity contribution < 1.29 is 5.11 Å². The minimum Gasteiger partial charge on any atom is -0.395 e. The summed E-state index contributed by atoms with van der Waals surface area (Å²) in [6, 6.07) is 7.75. The molecule has 0 fully saturated rings. The Morgan fingerprint density at radius 1 is 1.22 bits per heavy atom. The van der Waals surface area contributed by atoms with Crippen molar-refractivity contribution in [3.05, 3.63) is 36.9 Å². The number of para-hydroxylation sites is 1. The fourth-order valence-corrected chi connectivity index (χ4v) is 1.63. The van der Waals surface area contributed by atoms with Crippen molar-refractivity contribution >= 4 is 22.7 Å². The minimum absolute atomic E-state index is 0.0632. The third kappa shape index (κ3) is 2.75. The van der Waals surface area contributed by atoms with Crippen LogP contribution in [0.25, 0.3) is 10.9 Å². The number of fused-ring (bicyclic) bond motifs is 1. The number of nitrogens with zero attached hydrogens (tertiary/aromatic N) is 2. The third-order valence-corrected chi connectivity index (χ3v) is 2.41. The molecule has 2 rings (SSSR count). The second-order valence-corrected chi connectivity index (χ2v) is 3.73. The van der Waals surface area contributed by atoms with E-state index in [1.54, 1.807) is 6.08 Å². The number of rotatable bonds is 6. The molecule has 0 saturated heterocycles. The van der Waals surface area contributed by atoms with Gasteiger partial charge in [0.1, 0.15) is 5.82 Å². The number of hydrogen-bond donors (Lipinski definition) is 3. The van der Waals surface area contributed by atoms with E-state index >= 15 is 0 Å². The number of aliphatic hydroxyl groups excluding tert-OH is 1. The van der Waals surface area contributed by atoms with Gasteiger partial charge in [-0.1, -0.05) is 18.2 Å². The molecule has 2 aromatic rings. The monoisotopic (exact) mass is 244 g/mol. The zero-order valence-corrected chi connectivity index (χ0v) is 10.1.